The molecular weight excluding hydrogens is 630 g/mol. The van der Waals surface area contributed by atoms with Crippen molar-refractivity contribution in [1.82, 2.24) is 34.1 Å². The summed E-state index contributed by atoms with van der Waals surface area (Å²) in [4.78, 5) is 59.7. The molecule has 50 heavy (non-hydrogen) atoms. The number of amides is 2. The molecule has 0 radical (unpaired) electrons. The number of hydrogen-bond acceptors (Lipinski definition) is 8. The molecule has 1 spiro atoms. The van der Waals surface area contributed by atoms with Crippen LogP contribution in [-0.4, -0.2) is 90.9 Å². The van der Waals surface area contributed by atoms with Crippen molar-refractivity contribution in [1.29, 1.82) is 0 Å². The fraction of sp³-hybridized carbons (Fsp3) is 0.395. The maximum Gasteiger partial charge on any atom is 0.250 e. The highest BCUT2D eigenvalue weighted by Gasteiger charge is 2.51. The zero-order chi connectivity index (χ0) is 34.6. The van der Waals surface area contributed by atoms with Gasteiger partial charge in [0.15, 0.2) is 5.82 Å². The van der Waals surface area contributed by atoms with E-state index >= 15 is 0 Å². The predicted octanol–water partition coefficient (Wildman–Crippen LogP) is 3.72. The molecule has 2 saturated heterocycles. The lowest BCUT2D eigenvalue weighted by Gasteiger charge is -2.29. The first-order valence-electron chi connectivity index (χ1n) is 17.4. The molecule has 12 nitrogen and oxygen atoms in total. The first-order valence-corrected chi connectivity index (χ1v) is 17.4. The van der Waals surface area contributed by atoms with Crippen molar-refractivity contribution >= 4 is 28.9 Å². The number of aliphatic imine (C=N–C) groups is 1. The van der Waals surface area contributed by atoms with E-state index in [0.29, 0.717) is 50.9 Å². The molecule has 4 aromatic rings. The van der Waals surface area contributed by atoms with Gasteiger partial charge >= 0.3 is 0 Å². The van der Waals surface area contributed by atoms with Crippen LogP contribution in [0.2, 0.25) is 0 Å². The molecule has 7 heterocycles. The Bertz CT molecular complexity index is 2110. The van der Waals surface area contributed by atoms with Gasteiger partial charge in [-0.25, -0.2) is 9.97 Å². The second-order valence-electron chi connectivity index (χ2n) is 14.2. The number of carbonyl (C=O) groups excluding carboxylic acids is 2. The number of likely N-dealkylation sites (tertiary alicyclic amines) is 1. The lowest BCUT2D eigenvalue weighted by atomic mass is 9.85. The number of pyridine rings is 2. The Morgan fingerprint density at radius 2 is 1.72 bits per heavy atom. The molecule has 1 aromatic carbocycles. The molecule has 8 rings (SSSR count). The van der Waals surface area contributed by atoms with Crippen LogP contribution >= 0.6 is 0 Å². The fourth-order valence-corrected chi connectivity index (χ4v) is 7.74. The average molecular weight is 672 g/mol. The van der Waals surface area contributed by atoms with E-state index < -0.39 is 5.41 Å². The van der Waals surface area contributed by atoms with Gasteiger partial charge in [0.25, 0.3) is 5.56 Å². The van der Waals surface area contributed by atoms with Gasteiger partial charge in [0.2, 0.25) is 11.8 Å². The van der Waals surface area contributed by atoms with Crippen LogP contribution in [0, 0.1) is 5.41 Å². The van der Waals surface area contributed by atoms with Crippen LogP contribution in [0.15, 0.2) is 76.9 Å². The third-order valence-electron chi connectivity index (χ3n) is 10.6. The third-order valence-corrected chi connectivity index (χ3v) is 10.6. The van der Waals surface area contributed by atoms with Gasteiger partial charge in [-0.05, 0) is 62.9 Å². The number of anilines is 1. The van der Waals surface area contributed by atoms with Crippen molar-refractivity contribution in [2.75, 3.05) is 44.2 Å². The summed E-state index contributed by atoms with van der Waals surface area (Å²) in [6.45, 7) is 7.94. The van der Waals surface area contributed by atoms with E-state index in [9.17, 15) is 14.4 Å². The summed E-state index contributed by atoms with van der Waals surface area (Å²) < 4.78 is 3.39. The molecule has 0 unspecified atom stereocenters. The van der Waals surface area contributed by atoms with E-state index in [4.69, 9.17) is 9.98 Å². The molecular formula is C38H41N9O3. The van der Waals surface area contributed by atoms with Gasteiger partial charge in [-0.15, -0.1) is 0 Å². The van der Waals surface area contributed by atoms with Crippen LogP contribution in [-0.2, 0) is 23.2 Å². The van der Waals surface area contributed by atoms with E-state index in [-0.39, 0.29) is 23.4 Å². The standard InChI is InChI=1S/C38H41N9O3/c1-25(2)47-21-30(9-11-32(47)48)34-35-29(20-39-34)8-10-31(41-35)46-19-15-38(37(46)50)14-18-44(23-38)22-33(49)45-16-12-27(13-17-45)26-4-6-28(7-5-26)36-40-24-43(3)42-36/h4-12,21,24-25H,13-20,22-23H2,1-3H3/t38-/m0/s1. The highest BCUT2D eigenvalue weighted by molar-refractivity contribution is 6.14. The fourth-order valence-electron chi connectivity index (χ4n) is 7.74. The van der Waals surface area contributed by atoms with E-state index in [1.807, 2.05) is 61.2 Å². The number of benzene rings is 1. The number of rotatable bonds is 7. The molecule has 0 saturated carbocycles. The maximum atomic E-state index is 14.0. The molecule has 1 atom stereocenters. The Hall–Kier alpha value is -5.23. The van der Waals surface area contributed by atoms with E-state index in [1.54, 1.807) is 27.7 Å². The lowest BCUT2D eigenvalue weighted by molar-refractivity contribution is -0.132. The summed E-state index contributed by atoms with van der Waals surface area (Å²) in [5.74, 6) is 1.52. The van der Waals surface area contributed by atoms with E-state index in [2.05, 4.69) is 33.2 Å². The molecule has 0 aliphatic carbocycles. The Morgan fingerprint density at radius 3 is 2.46 bits per heavy atom. The van der Waals surface area contributed by atoms with Crippen LogP contribution in [0.5, 0.6) is 0 Å². The monoisotopic (exact) mass is 671 g/mol. The molecule has 0 N–H and O–H groups in total. The largest absolute Gasteiger partial charge is 0.338 e. The molecule has 3 aromatic heterocycles. The SMILES string of the molecule is CC(C)n1cc(C2=NCc3ccc(N4CC[C@]5(CCN(CC(=O)N6CC=C(c7ccc(-c8ncn(C)n8)cc7)CC6)C5)C4=O)nc32)ccc1=O. The van der Waals surface area contributed by atoms with Gasteiger partial charge in [-0.1, -0.05) is 36.4 Å². The highest BCUT2D eigenvalue weighted by Crippen LogP contribution is 2.42. The normalized spacial score (nSPS) is 20.6. The van der Waals surface area contributed by atoms with Gasteiger partial charge < -0.3 is 9.47 Å². The molecule has 4 aliphatic rings. The number of hydrogen-bond donors (Lipinski definition) is 0. The molecule has 256 valence electrons. The number of carbonyl (C=O) groups is 2. The number of aryl methyl sites for hydroxylation is 1. The predicted molar refractivity (Wildman–Crippen MR) is 191 cm³/mol. The number of aromatic nitrogens is 5. The second-order valence-corrected chi connectivity index (χ2v) is 14.2. The van der Waals surface area contributed by atoms with Gasteiger partial charge in [-0.2, -0.15) is 5.10 Å². The molecule has 2 amide bonds. The first kappa shape index (κ1) is 32.0. The number of fused-ring (bicyclic) bond motifs is 1. The maximum absolute atomic E-state index is 14.0. The van der Waals surface area contributed by atoms with Crippen LogP contribution in [0.25, 0.3) is 17.0 Å². The van der Waals surface area contributed by atoms with Gasteiger partial charge in [0.1, 0.15) is 12.1 Å². The van der Waals surface area contributed by atoms with Gasteiger partial charge in [0, 0.05) is 68.2 Å². The van der Waals surface area contributed by atoms with Crippen LogP contribution in [0.3, 0.4) is 0 Å². The Morgan fingerprint density at radius 1 is 0.940 bits per heavy atom. The quantitative estimate of drug-likeness (QED) is 0.294. The zero-order valence-corrected chi connectivity index (χ0v) is 28.7. The number of nitrogens with zero attached hydrogens (tertiary/aromatic N) is 9. The minimum atomic E-state index is -0.503. The van der Waals surface area contributed by atoms with Crippen molar-refractivity contribution in [3.63, 3.8) is 0 Å². The van der Waals surface area contributed by atoms with E-state index in [1.165, 1.54) is 5.57 Å². The molecule has 12 heteroatoms. The van der Waals surface area contributed by atoms with Gasteiger partial charge in [0.05, 0.1) is 29.9 Å². The van der Waals surface area contributed by atoms with Crippen molar-refractivity contribution < 1.29 is 9.59 Å². The molecule has 0 bridgehead atoms. The third kappa shape index (κ3) is 5.77. The highest BCUT2D eigenvalue weighted by atomic mass is 16.2. The topological polar surface area (TPSA) is 122 Å². The minimum Gasteiger partial charge on any atom is -0.338 e. The van der Waals surface area contributed by atoms with Gasteiger partial charge in [-0.3, -0.25) is 33.9 Å². The van der Waals surface area contributed by atoms with E-state index in [0.717, 1.165) is 59.5 Å². The van der Waals surface area contributed by atoms with Crippen LogP contribution < -0.4 is 10.5 Å². The lowest BCUT2D eigenvalue weighted by Crippen LogP contribution is -2.43. The summed E-state index contributed by atoms with van der Waals surface area (Å²) in [6.07, 6.45) is 7.96. The zero-order valence-electron chi connectivity index (χ0n) is 28.7. The van der Waals surface area contributed by atoms with Crippen molar-refractivity contribution in [3.8, 4) is 11.4 Å². The van der Waals surface area contributed by atoms with Crippen molar-refractivity contribution in [2.24, 2.45) is 17.5 Å². The Labute approximate surface area is 290 Å². The second kappa shape index (κ2) is 12.6. The summed E-state index contributed by atoms with van der Waals surface area (Å²) in [5.41, 5.74) is 6.18. The molecule has 4 aliphatic heterocycles. The minimum absolute atomic E-state index is 0.0262. The summed E-state index contributed by atoms with van der Waals surface area (Å²) in [7, 11) is 1.86. The molecule has 2 fully saturated rings. The Balaban J connectivity index is 0.892. The van der Waals surface area contributed by atoms with Crippen LogP contribution in [0.1, 0.15) is 61.5 Å². The summed E-state index contributed by atoms with van der Waals surface area (Å²) in [5, 5.41) is 4.38. The summed E-state index contributed by atoms with van der Waals surface area (Å²) >= 11 is 0. The average Bonchev–Trinajstić information content (AvgIpc) is 3.92. The summed E-state index contributed by atoms with van der Waals surface area (Å²) in [6, 6.07) is 15.6. The smallest absolute Gasteiger partial charge is 0.250 e. The van der Waals surface area contributed by atoms with Crippen molar-refractivity contribution in [2.45, 2.75) is 45.7 Å². The van der Waals surface area contributed by atoms with Crippen molar-refractivity contribution in [3.05, 3.63) is 99.9 Å². The van der Waals surface area contributed by atoms with Crippen LogP contribution in [0.4, 0.5) is 5.82 Å². The first-order chi connectivity index (χ1) is 24.2. The Kier molecular flexibility index (Phi) is 8.05.